The second-order valence-electron chi connectivity index (χ2n) is 10.7. The van der Waals surface area contributed by atoms with Crippen LogP contribution >= 0.6 is 11.3 Å². The summed E-state index contributed by atoms with van der Waals surface area (Å²) in [6, 6.07) is 18.3. The van der Waals surface area contributed by atoms with E-state index < -0.39 is 28.9 Å². The predicted octanol–water partition coefficient (Wildman–Crippen LogP) is 9.89. The third-order valence-electron chi connectivity index (χ3n) is 8.26. The van der Waals surface area contributed by atoms with Crippen LogP contribution in [0.25, 0.3) is 44.3 Å². The molecule has 0 radical (unpaired) electrons. The Morgan fingerprint density at radius 3 is 2.05 bits per heavy atom. The van der Waals surface area contributed by atoms with Crippen molar-refractivity contribution in [2.75, 3.05) is 7.11 Å². The fourth-order valence-corrected chi connectivity index (χ4v) is 7.01. The number of alkyl halides is 6. The van der Waals surface area contributed by atoms with Gasteiger partial charge in [-0.05, 0) is 61.4 Å². The SMILES string of the molecule is COc1ccc2c(c1)c(C1=C(c3c(C)sc4cc(C=Cc5ccc(C#N)cc5)ccc34)C(F)(F)C(F)(F)C1(F)F)c(C)n2C. The predicted molar refractivity (Wildman–Crippen MR) is 163 cm³/mol. The highest BCUT2D eigenvalue weighted by molar-refractivity contribution is 7.19. The molecule has 0 saturated carbocycles. The maximum Gasteiger partial charge on any atom is 0.380 e. The molecule has 3 aromatic carbocycles. The maximum absolute atomic E-state index is 15.9. The van der Waals surface area contributed by atoms with E-state index in [4.69, 9.17) is 10.00 Å². The molecule has 0 atom stereocenters. The van der Waals surface area contributed by atoms with E-state index in [0.29, 0.717) is 21.3 Å². The Morgan fingerprint density at radius 1 is 0.795 bits per heavy atom. The molecule has 0 bridgehead atoms. The van der Waals surface area contributed by atoms with Crippen molar-refractivity contribution in [1.82, 2.24) is 4.57 Å². The normalized spacial score (nSPS) is 17.2. The van der Waals surface area contributed by atoms with Crippen LogP contribution in [0.2, 0.25) is 0 Å². The fourth-order valence-electron chi connectivity index (χ4n) is 5.89. The minimum Gasteiger partial charge on any atom is -0.497 e. The Bertz CT molecular complexity index is 2080. The lowest BCUT2D eigenvalue weighted by Gasteiger charge is -2.26. The maximum atomic E-state index is 15.9. The van der Waals surface area contributed by atoms with Crippen LogP contribution < -0.4 is 4.74 Å². The van der Waals surface area contributed by atoms with Gasteiger partial charge in [0.1, 0.15) is 5.75 Å². The first-order chi connectivity index (χ1) is 20.7. The van der Waals surface area contributed by atoms with Crippen molar-refractivity contribution in [3.05, 3.63) is 99.1 Å². The lowest BCUT2D eigenvalue weighted by Crippen LogP contribution is -2.49. The van der Waals surface area contributed by atoms with E-state index in [9.17, 15) is 0 Å². The number of ether oxygens (including phenoxy) is 1. The van der Waals surface area contributed by atoms with E-state index in [2.05, 4.69) is 0 Å². The molecular formula is C34H24F6N2OS. The van der Waals surface area contributed by atoms with Gasteiger partial charge in [-0.25, -0.2) is 0 Å². The molecule has 0 saturated heterocycles. The Balaban J connectivity index is 1.60. The number of hydrogen-bond donors (Lipinski definition) is 0. The number of rotatable bonds is 5. The third kappa shape index (κ3) is 4.09. The lowest BCUT2D eigenvalue weighted by molar-refractivity contribution is -0.254. The van der Waals surface area contributed by atoms with E-state index in [0.717, 1.165) is 16.9 Å². The fraction of sp³-hybridized carbons (Fsp3) is 0.206. The molecule has 0 fully saturated rings. The van der Waals surface area contributed by atoms with Crippen LogP contribution in [0.1, 0.15) is 38.4 Å². The number of allylic oxidation sites excluding steroid dienone is 2. The van der Waals surface area contributed by atoms with Gasteiger partial charge in [-0.1, -0.05) is 36.4 Å². The van der Waals surface area contributed by atoms with Crippen LogP contribution in [0.5, 0.6) is 5.75 Å². The van der Waals surface area contributed by atoms with E-state index >= 15 is 26.3 Å². The molecule has 1 aliphatic rings. The number of nitrogens with zero attached hydrogens (tertiary/aromatic N) is 2. The van der Waals surface area contributed by atoms with Gasteiger partial charge in [-0.2, -0.15) is 31.6 Å². The zero-order chi connectivity index (χ0) is 31.8. The van der Waals surface area contributed by atoms with E-state index in [-0.39, 0.29) is 38.2 Å². The van der Waals surface area contributed by atoms with Crippen LogP contribution in [0.15, 0.2) is 60.7 Å². The number of halogens is 6. The summed E-state index contributed by atoms with van der Waals surface area (Å²) in [6.07, 6.45) is 3.58. The van der Waals surface area contributed by atoms with Crippen molar-refractivity contribution in [2.24, 2.45) is 7.05 Å². The standard InChI is InChI=1S/C34H24F6N2OS/c1-18-28(25-16-23(43-4)12-14-26(25)42(18)3)30-31(33(37,38)34(39,40)32(30,35)36)29-19(2)44-27-15-21(11-13-24(27)29)8-5-20-6-9-22(17-41)10-7-20/h5-16H,1-4H3. The molecule has 0 amide bonds. The van der Waals surface area contributed by atoms with Crippen LogP contribution in [-0.4, -0.2) is 29.4 Å². The summed E-state index contributed by atoms with van der Waals surface area (Å²) < 4.78 is 101. The molecular weight excluding hydrogens is 598 g/mol. The zero-order valence-electron chi connectivity index (χ0n) is 23.9. The number of aromatic nitrogens is 1. The molecule has 224 valence electrons. The highest BCUT2D eigenvalue weighted by atomic mass is 32.1. The van der Waals surface area contributed by atoms with E-state index in [1.54, 1.807) is 67.7 Å². The number of nitriles is 1. The Kier molecular flexibility index (Phi) is 6.74. The topological polar surface area (TPSA) is 37.9 Å². The molecule has 6 rings (SSSR count). The van der Waals surface area contributed by atoms with Gasteiger partial charge in [-0.15, -0.1) is 11.3 Å². The van der Waals surface area contributed by atoms with Gasteiger partial charge < -0.3 is 9.30 Å². The Morgan fingerprint density at radius 2 is 1.41 bits per heavy atom. The first-order valence-corrected chi connectivity index (χ1v) is 14.3. The number of fused-ring (bicyclic) bond motifs is 2. The zero-order valence-corrected chi connectivity index (χ0v) is 24.7. The molecule has 10 heteroatoms. The monoisotopic (exact) mass is 622 g/mol. The van der Waals surface area contributed by atoms with Crippen LogP contribution in [-0.2, 0) is 7.05 Å². The van der Waals surface area contributed by atoms with Crippen molar-refractivity contribution in [2.45, 2.75) is 31.6 Å². The molecule has 0 N–H and O–H groups in total. The van der Waals surface area contributed by atoms with E-state index in [1.807, 2.05) is 6.07 Å². The summed E-state index contributed by atoms with van der Waals surface area (Å²) in [5.74, 6) is -15.8. The van der Waals surface area contributed by atoms with Crippen LogP contribution in [0.4, 0.5) is 26.3 Å². The van der Waals surface area contributed by atoms with Gasteiger partial charge in [0.25, 0.3) is 0 Å². The summed E-state index contributed by atoms with van der Waals surface area (Å²) >= 11 is 1.07. The second-order valence-corrected chi connectivity index (χ2v) is 12.0. The van der Waals surface area contributed by atoms with Crippen molar-refractivity contribution < 1.29 is 31.1 Å². The highest BCUT2D eigenvalue weighted by Crippen LogP contribution is 2.66. The van der Waals surface area contributed by atoms with Crippen molar-refractivity contribution in [1.29, 1.82) is 5.26 Å². The Hall–Kier alpha value is -4.49. The average Bonchev–Trinajstić information content (AvgIpc) is 3.48. The van der Waals surface area contributed by atoms with Crippen molar-refractivity contribution in [3.8, 4) is 11.8 Å². The third-order valence-corrected chi connectivity index (χ3v) is 9.33. The van der Waals surface area contributed by atoms with Crippen molar-refractivity contribution >= 4 is 55.6 Å². The van der Waals surface area contributed by atoms with E-state index in [1.165, 1.54) is 37.7 Å². The van der Waals surface area contributed by atoms with Crippen molar-refractivity contribution in [3.63, 3.8) is 0 Å². The molecule has 0 aliphatic heterocycles. The molecule has 5 aromatic rings. The number of methoxy groups -OCH3 is 1. The number of benzene rings is 3. The summed E-state index contributed by atoms with van der Waals surface area (Å²) in [6.45, 7) is 2.92. The molecule has 2 aromatic heterocycles. The molecule has 44 heavy (non-hydrogen) atoms. The quantitative estimate of drug-likeness (QED) is 0.145. The Labute approximate surface area is 252 Å². The van der Waals surface area contributed by atoms with Gasteiger partial charge in [-0.3, -0.25) is 0 Å². The van der Waals surface area contributed by atoms with Crippen LogP contribution in [0.3, 0.4) is 0 Å². The molecule has 1 aliphatic carbocycles. The average molecular weight is 623 g/mol. The van der Waals surface area contributed by atoms with Gasteiger partial charge in [0.05, 0.1) is 18.7 Å². The molecule has 2 heterocycles. The lowest BCUT2D eigenvalue weighted by atomic mass is 9.91. The first-order valence-electron chi connectivity index (χ1n) is 13.5. The van der Waals surface area contributed by atoms with Gasteiger partial charge in [0.15, 0.2) is 0 Å². The van der Waals surface area contributed by atoms with Gasteiger partial charge in [0.2, 0.25) is 0 Å². The minimum atomic E-state index is -5.68. The number of hydrogen-bond acceptors (Lipinski definition) is 3. The smallest absolute Gasteiger partial charge is 0.380 e. The summed E-state index contributed by atoms with van der Waals surface area (Å²) in [5.41, 5.74) is -0.855. The summed E-state index contributed by atoms with van der Waals surface area (Å²) in [7, 11) is 2.93. The number of aryl methyl sites for hydroxylation is 2. The molecule has 0 unspecified atom stereocenters. The number of thiophene rings is 1. The molecule has 0 spiro atoms. The van der Waals surface area contributed by atoms with Crippen LogP contribution in [0, 0.1) is 25.2 Å². The minimum absolute atomic E-state index is 0.109. The highest BCUT2D eigenvalue weighted by Gasteiger charge is 2.80. The second kappa shape index (κ2) is 10.0. The van der Waals surface area contributed by atoms with Gasteiger partial charge >= 0.3 is 17.8 Å². The summed E-state index contributed by atoms with van der Waals surface area (Å²) in [4.78, 5) is 0.212. The summed E-state index contributed by atoms with van der Waals surface area (Å²) in [5, 5.41) is 9.28. The first kappa shape index (κ1) is 29.6. The largest absolute Gasteiger partial charge is 0.497 e. The molecule has 3 nitrogen and oxygen atoms in total. The van der Waals surface area contributed by atoms with Gasteiger partial charge in [0, 0.05) is 60.9 Å².